The van der Waals surface area contributed by atoms with Crippen LogP contribution >= 0.6 is 0 Å². The number of nitrogens with one attached hydrogen (secondary N) is 2. The molecule has 1 saturated heterocycles. The Labute approximate surface area is 181 Å². The van der Waals surface area contributed by atoms with Gasteiger partial charge in [-0.3, -0.25) is 4.79 Å². The normalized spacial score (nSPS) is 19.6. The van der Waals surface area contributed by atoms with E-state index in [4.69, 9.17) is 9.47 Å². The summed E-state index contributed by atoms with van der Waals surface area (Å²) in [6.45, 7) is 13.2. The number of unbranched alkanes of at least 4 members (excludes halogenated alkanes) is 1. The topological polar surface area (TPSA) is 75.2 Å². The van der Waals surface area contributed by atoms with Crippen LogP contribution in [-0.2, 0) is 16.0 Å². The largest absolute Gasteiger partial charge is 0.382 e. The number of amides is 1. The summed E-state index contributed by atoms with van der Waals surface area (Å²) in [7, 11) is 0. The third-order valence-electron chi connectivity index (χ3n) is 4.88. The van der Waals surface area contributed by atoms with Crippen molar-refractivity contribution in [2.75, 3.05) is 39.4 Å². The first kappa shape index (κ1) is 24.2. The van der Waals surface area contributed by atoms with Gasteiger partial charge in [-0.15, -0.1) is 0 Å². The maximum absolute atomic E-state index is 12.8. The molecule has 2 N–H and O–H groups in total. The van der Waals surface area contributed by atoms with Gasteiger partial charge in [-0.25, -0.2) is 4.99 Å². The van der Waals surface area contributed by atoms with Crippen LogP contribution in [-0.4, -0.2) is 68.4 Å². The number of guanidine groups is 1. The highest BCUT2D eigenvalue weighted by Gasteiger charge is 2.26. The summed E-state index contributed by atoms with van der Waals surface area (Å²) in [5.74, 6) is 0.875. The number of carbonyl (C=O) groups is 1. The number of carbonyl (C=O) groups excluding carboxylic acids is 1. The molecule has 2 rings (SSSR count). The van der Waals surface area contributed by atoms with Crippen molar-refractivity contribution in [2.45, 2.75) is 59.3 Å². The maximum Gasteiger partial charge on any atom is 0.254 e. The summed E-state index contributed by atoms with van der Waals surface area (Å²) in [6.07, 6.45) is 2.22. The maximum atomic E-state index is 12.8. The van der Waals surface area contributed by atoms with Crippen LogP contribution in [0.2, 0.25) is 0 Å². The Kier molecular flexibility index (Phi) is 10.7. The second-order valence-electron chi connectivity index (χ2n) is 7.69. The lowest BCUT2D eigenvalue weighted by atomic mass is 10.1. The Balaban J connectivity index is 1.85. The van der Waals surface area contributed by atoms with Crippen molar-refractivity contribution in [1.29, 1.82) is 0 Å². The first-order valence-corrected chi connectivity index (χ1v) is 11.2. The third-order valence-corrected chi connectivity index (χ3v) is 4.88. The van der Waals surface area contributed by atoms with E-state index < -0.39 is 0 Å². The van der Waals surface area contributed by atoms with E-state index in [0.29, 0.717) is 25.2 Å². The number of nitrogens with zero attached hydrogens (tertiary/aromatic N) is 2. The van der Waals surface area contributed by atoms with E-state index in [1.807, 2.05) is 49.9 Å². The quantitative estimate of drug-likeness (QED) is 0.347. The van der Waals surface area contributed by atoms with Gasteiger partial charge in [-0.05, 0) is 58.2 Å². The van der Waals surface area contributed by atoms with Crippen molar-refractivity contribution in [1.82, 2.24) is 15.5 Å². The highest BCUT2D eigenvalue weighted by molar-refractivity contribution is 5.94. The second-order valence-corrected chi connectivity index (χ2v) is 7.69. The highest BCUT2D eigenvalue weighted by atomic mass is 16.5. The fourth-order valence-electron chi connectivity index (χ4n) is 3.47. The smallest absolute Gasteiger partial charge is 0.254 e. The summed E-state index contributed by atoms with van der Waals surface area (Å²) >= 11 is 0. The summed E-state index contributed by atoms with van der Waals surface area (Å²) in [4.78, 5) is 19.3. The zero-order chi connectivity index (χ0) is 21.8. The van der Waals surface area contributed by atoms with E-state index >= 15 is 0 Å². The van der Waals surface area contributed by atoms with Crippen molar-refractivity contribution in [2.24, 2.45) is 4.99 Å². The monoisotopic (exact) mass is 418 g/mol. The number of rotatable bonds is 10. The van der Waals surface area contributed by atoms with Gasteiger partial charge < -0.3 is 25.0 Å². The third kappa shape index (κ3) is 8.32. The lowest BCUT2D eigenvalue weighted by Crippen LogP contribution is -2.48. The summed E-state index contributed by atoms with van der Waals surface area (Å²) in [6, 6.07) is 7.75. The molecule has 1 heterocycles. The van der Waals surface area contributed by atoms with Crippen LogP contribution in [0.1, 0.15) is 56.5 Å². The van der Waals surface area contributed by atoms with E-state index in [-0.39, 0.29) is 18.1 Å². The number of morpholine rings is 1. The molecule has 1 aromatic rings. The van der Waals surface area contributed by atoms with Gasteiger partial charge in [0.25, 0.3) is 5.91 Å². The van der Waals surface area contributed by atoms with Crippen molar-refractivity contribution >= 4 is 11.9 Å². The van der Waals surface area contributed by atoms with Gasteiger partial charge in [0.2, 0.25) is 0 Å². The molecule has 1 amide bonds. The fraction of sp³-hybridized carbons (Fsp3) is 0.652. The van der Waals surface area contributed by atoms with E-state index in [0.717, 1.165) is 50.7 Å². The fourth-order valence-corrected chi connectivity index (χ4v) is 3.47. The molecule has 1 aliphatic rings. The molecule has 0 aromatic heterocycles. The van der Waals surface area contributed by atoms with Gasteiger partial charge in [0.1, 0.15) is 0 Å². The van der Waals surface area contributed by atoms with Crippen LogP contribution in [0, 0.1) is 0 Å². The molecular formula is C23H38N4O3. The number of ether oxygens (including phenoxy) is 2. The van der Waals surface area contributed by atoms with E-state index in [1.165, 1.54) is 0 Å². The lowest BCUT2D eigenvalue weighted by Gasteiger charge is -2.35. The first-order chi connectivity index (χ1) is 14.5. The van der Waals surface area contributed by atoms with Gasteiger partial charge >= 0.3 is 0 Å². The number of hydrogen-bond donors (Lipinski definition) is 2. The molecule has 7 nitrogen and oxygen atoms in total. The van der Waals surface area contributed by atoms with E-state index in [2.05, 4.69) is 22.5 Å². The minimum Gasteiger partial charge on any atom is -0.382 e. The Bertz CT molecular complexity index is 653. The van der Waals surface area contributed by atoms with Gasteiger partial charge in [-0.2, -0.15) is 0 Å². The molecular weight excluding hydrogens is 380 g/mol. The molecule has 2 atom stereocenters. The van der Waals surface area contributed by atoms with E-state index in [9.17, 15) is 4.79 Å². The predicted molar refractivity (Wildman–Crippen MR) is 121 cm³/mol. The molecule has 0 saturated carbocycles. The lowest BCUT2D eigenvalue weighted by molar-refractivity contribution is -0.0586. The van der Waals surface area contributed by atoms with Gasteiger partial charge in [0.15, 0.2) is 5.96 Å². The number of aliphatic imine (C=N–C) groups is 1. The zero-order valence-electron chi connectivity index (χ0n) is 18.9. The minimum atomic E-state index is 0.0640. The van der Waals surface area contributed by atoms with Crippen molar-refractivity contribution < 1.29 is 14.3 Å². The Morgan fingerprint density at radius 2 is 1.83 bits per heavy atom. The predicted octanol–water partition coefficient (Wildman–Crippen LogP) is 2.81. The summed E-state index contributed by atoms with van der Waals surface area (Å²) in [5.41, 5.74) is 1.78. The zero-order valence-corrected chi connectivity index (χ0v) is 18.9. The van der Waals surface area contributed by atoms with Crippen molar-refractivity contribution in [3.05, 3.63) is 35.4 Å². The summed E-state index contributed by atoms with van der Waals surface area (Å²) < 4.78 is 11.1. The molecule has 7 heteroatoms. The molecule has 0 bridgehead atoms. The number of benzene rings is 1. The first-order valence-electron chi connectivity index (χ1n) is 11.2. The average Bonchev–Trinajstić information content (AvgIpc) is 2.73. The van der Waals surface area contributed by atoms with Crippen LogP contribution in [0.4, 0.5) is 0 Å². The van der Waals surface area contributed by atoms with Crippen LogP contribution < -0.4 is 10.6 Å². The SMILES string of the molecule is CCNC(=NCc1ccc(C(=O)N2CC(C)OC(C)C2)cc1)NCCCCOCC. The van der Waals surface area contributed by atoms with Crippen LogP contribution in [0.5, 0.6) is 0 Å². The van der Waals surface area contributed by atoms with Crippen LogP contribution in [0.15, 0.2) is 29.3 Å². The highest BCUT2D eigenvalue weighted by Crippen LogP contribution is 2.15. The molecule has 1 aliphatic heterocycles. The Morgan fingerprint density at radius 1 is 1.13 bits per heavy atom. The summed E-state index contributed by atoms with van der Waals surface area (Å²) in [5, 5.41) is 6.63. The Hall–Kier alpha value is -2.12. The van der Waals surface area contributed by atoms with Crippen LogP contribution in [0.3, 0.4) is 0 Å². The molecule has 0 radical (unpaired) electrons. The molecule has 0 spiro atoms. The molecule has 0 aliphatic carbocycles. The van der Waals surface area contributed by atoms with Gasteiger partial charge in [0, 0.05) is 45.0 Å². The standard InChI is InChI=1S/C23H38N4O3/c1-5-24-23(25-13-7-8-14-29-6-2)26-15-20-9-11-21(12-10-20)22(28)27-16-18(3)30-19(4)17-27/h9-12,18-19H,5-8,13-17H2,1-4H3,(H2,24,25,26). The molecule has 168 valence electrons. The Morgan fingerprint density at radius 3 is 2.47 bits per heavy atom. The van der Waals surface area contributed by atoms with E-state index in [1.54, 1.807) is 0 Å². The van der Waals surface area contributed by atoms with Crippen molar-refractivity contribution in [3.8, 4) is 0 Å². The average molecular weight is 419 g/mol. The second kappa shape index (κ2) is 13.2. The molecule has 2 unspecified atom stereocenters. The molecule has 1 aromatic carbocycles. The molecule has 1 fully saturated rings. The van der Waals surface area contributed by atoms with Crippen molar-refractivity contribution in [3.63, 3.8) is 0 Å². The van der Waals surface area contributed by atoms with Crippen LogP contribution in [0.25, 0.3) is 0 Å². The van der Waals surface area contributed by atoms with Gasteiger partial charge in [-0.1, -0.05) is 12.1 Å². The molecule has 30 heavy (non-hydrogen) atoms. The minimum absolute atomic E-state index is 0.0640. The van der Waals surface area contributed by atoms with Gasteiger partial charge in [0.05, 0.1) is 18.8 Å². The number of hydrogen-bond acceptors (Lipinski definition) is 4.